The van der Waals surface area contributed by atoms with Crippen LogP contribution in [0.4, 0.5) is 0 Å². The molecule has 0 aliphatic heterocycles. The van der Waals surface area contributed by atoms with Crippen LogP contribution < -0.4 is 0 Å². The van der Waals surface area contributed by atoms with E-state index in [1.54, 1.807) is 16.8 Å². The molecule has 7 heteroatoms. The van der Waals surface area contributed by atoms with Crippen molar-refractivity contribution in [1.29, 1.82) is 0 Å². The third-order valence-electron chi connectivity index (χ3n) is 2.12. The predicted octanol–water partition coefficient (Wildman–Crippen LogP) is 1.03. The molecule has 0 saturated heterocycles. The summed E-state index contributed by atoms with van der Waals surface area (Å²) in [5.41, 5.74) is 0.806. The van der Waals surface area contributed by atoms with Gasteiger partial charge in [-0.2, -0.15) is 4.68 Å². The maximum Gasteiger partial charge on any atom is 0.293 e. The Morgan fingerprint density at radius 1 is 1.35 bits per heavy atom. The van der Waals surface area contributed by atoms with E-state index in [0.29, 0.717) is 23.7 Å². The Balaban J connectivity index is 2.18. The van der Waals surface area contributed by atoms with E-state index in [1.165, 1.54) is 0 Å². The summed E-state index contributed by atoms with van der Waals surface area (Å²) in [6, 6.07) is 7.13. The molecular formula is C10H9ClN4O2. The Bertz CT molecular complexity index is 497. The van der Waals surface area contributed by atoms with Crippen molar-refractivity contribution < 1.29 is 9.53 Å². The van der Waals surface area contributed by atoms with Gasteiger partial charge in [-0.3, -0.25) is 4.79 Å². The van der Waals surface area contributed by atoms with Gasteiger partial charge in [-0.1, -0.05) is 11.6 Å². The standard InChI is InChI=1S/C10H9ClN4O2/c11-8-1-3-9(4-2-8)15-10(12-13-14-15)5-6-17-7-16/h1-4,7H,5-6H2. The number of rotatable bonds is 5. The fourth-order valence-electron chi connectivity index (χ4n) is 1.34. The van der Waals surface area contributed by atoms with Gasteiger partial charge in [0.1, 0.15) is 0 Å². The molecule has 17 heavy (non-hydrogen) atoms. The highest BCUT2D eigenvalue weighted by atomic mass is 35.5. The first kappa shape index (κ1) is 11.5. The first-order valence-corrected chi connectivity index (χ1v) is 5.27. The third kappa shape index (κ3) is 2.79. The maximum atomic E-state index is 10.0. The predicted molar refractivity (Wildman–Crippen MR) is 59.9 cm³/mol. The van der Waals surface area contributed by atoms with Crippen LogP contribution in [-0.2, 0) is 16.0 Å². The van der Waals surface area contributed by atoms with Crippen LogP contribution in [0.1, 0.15) is 5.82 Å². The van der Waals surface area contributed by atoms with Gasteiger partial charge in [0.25, 0.3) is 6.47 Å². The number of ether oxygens (including phenoxy) is 1. The largest absolute Gasteiger partial charge is 0.467 e. The van der Waals surface area contributed by atoms with Gasteiger partial charge in [0.15, 0.2) is 5.82 Å². The Morgan fingerprint density at radius 2 is 2.12 bits per heavy atom. The van der Waals surface area contributed by atoms with Crippen molar-refractivity contribution in [1.82, 2.24) is 20.2 Å². The normalized spacial score (nSPS) is 10.2. The Labute approximate surface area is 102 Å². The zero-order chi connectivity index (χ0) is 12.1. The number of carbonyl (C=O) groups is 1. The first-order chi connectivity index (χ1) is 8.31. The molecule has 6 nitrogen and oxygen atoms in total. The lowest BCUT2D eigenvalue weighted by Crippen LogP contribution is -2.06. The molecule has 2 aromatic rings. The number of aromatic nitrogens is 4. The van der Waals surface area contributed by atoms with E-state index in [0.717, 1.165) is 5.69 Å². The Kier molecular flexibility index (Phi) is 3.66. The van der Waals surface area contributed by atoms with Crippen LogP contribution in [0.3, 0.4) is 0 Å². The highest BCUT2D eigenvalue weighted by Gasteiger charge is 2.07. The fourth-order valence-corrected chi connectivity index (χ4v) is 1.47. The molecule has 0 fully saturated rings. The molecule has 0 bridgehead atoms. The van der Waals surface area contributed by atoms with Crippen LogP contribution in [0.15, 0.2) is 24.3 Å². The Morgan fingerprint density at radius 3 is 2.82 bits per heavy atom. The average Bonchev–Trinajstić information content (AvgIpc) is 2.79. The second-order valence-electron chi connectivity index (χ2n) is 3.20. The summed E-state index contributed by atoms with van der Waals surface area (Å²) < 4.78 is 6.18. The molecule has 0 amide bonds. The number of hydrogen-bond acceptors (Lipinski definition) is 5. The zero-order valence-corrected chi connectivity index (χ0v) is 9.54. The van der Waals surface area contributed by atoms with E-state index in [4.69, 9.17) is 11.6 Å². The van der Waals surface area contributed by atoms with Crippen molar-refractivity contribution in [2.24, 2.45) is 0 Å². The number of carbonyl (C=O) groups excluding carboxylic acids is 1. The second-order valence-corrected chi connectivity index (χ2v) is 3.64. The zero-order valence-electron chi connectivity index (χ0n) is 8.78. The number of nitrogens with zero attached hydrogens (tertiary/aromatic N) is 4. The van der Waals surface area contributed by atoms with Crippen LogP contribution >= 0.6 is 11.6 Å². The lowest BCUT2D eigenvalue weighted by Gasteiger charge is -2.03. The van der Waals surface area contributed by atoms with Crippen molar-refractivity contribution in [3.8, 4) is 5.69 Å². The van der Waals surface area contributed by atoms with Crippen molar-refractivity contribution in [2.45, 2.75) is 6.42 Å². The lowest BCUT2D eigenvalue weighted by atomic mass is 10.3. The van der Waals surface area contributed by atoms with Crippen LogP contribution in [0.5, 0.6) is 0 Å². The number of benzene rings is 1. The van der Waals surface area contributed by atoms with Gasteiger partial charge >= 0.3 is 0 Å². The molecule has 88 valence electrons. The molecule has 0 unspecified atom stereocenters. The molecule has 0 aliphatic carbocycles. The van der Waals surface area contributed by atoms with E-state index in [1.807, 2.05) is 12.1 Å². The molecule has 1 aromatic heterocycles. The molecule has 0 radical (unpaired) electrons. The minimum absolute atomic E-state index is 0.247. The number of tetrazole rings is 1. The minimum Gasteiger partial charge on any atom is -0.467 e. The summed E-state index contributed by atoms with van der Waals surface area (Å²) in [7, 11) is 0. The first-order valence-electron chi connectivity index (χ1n) is 4.89. The van der Waals surface area contributed by atoms with Gasteiger partial charge in [0.05, 0.1) is 12.3 Å². The smallest absolute Gasteiger partial charge is 0.293 e. The molecule has 0 spiro atoms. The quantitative estimate of drug-likeness (QED) is 0.587. The third-order valence-corrected chi connectivity index (χ3v) is 2.37. The van der Waals surface area contributed by atoms with E-state index in [2.05, 4.69) is 20.3 Å². The summed E-state index contributed by atoms with van der Waals surface area (Å²) in [5.74, 6) is 0.620. The average molecular weight is 253 g/mol. The SMILES string of the molecule is O=COCCc1nnnn1-c1ccc(Cl)cc1. The minimum atomic E-state index is 0.247. The monoisotopic (exact) mass is 252 g/mol. The molecule has 0 atom stereocenters. The molecule has 0 saturated carbocycles. The highest BCUT2D eigenvalue weighted by Crippen LogP contribution is 2.13. The summed E-state index contributed by atoms with van der Waals surface area (Å²) in [4.78, 5) is 10.0. The molecule has 1 heterocycles. The van der Waals surface area contributed by atoms with Crippen LogP contribution in [0.25, 0.3) is 5.69 Å². The molecule has 0 aliphatic rings. The van der Waals surface area contributed by atoms with Gasteiger partial charge in [0.2, 0.25) is 0 Å². The van der Waals surface area contributed by atoms with Gasteiger partial charge in [-0.15, -0.1) is 5.10 Å². The molecule has 2 rings (SSSR count). The summed E-state index contributed by atoms with van der Waals surface area (Å²) >= 11 is 5.80. The van der Waals surface area contributed by atoms with E-state index in [9.17, 15) is 4.79 Å². The van der Waals surface area contributed by atoms with E-state index in [-0.39, 0.29) is 6.61 Å². The van der Waals surface area contributed by atoms with Crippen LogP contribution in [-0.4, -0.2) is 33.3 Å². The highest BCUT2D eigenvalue weighted by molar-refractivity contribution is 6.30. The van der Waals surface area contributed by atoms with Gasteiger partial charge in [-0.25, -0.2) is 0 Å². The number of hydrogen-bond donors (Lipinski definition) is 0. The lowest BCUT2D eigenvalue weighted by molar-refractivity contribution is -0.128. The second kappa shape index (κ2) is 5.40. The molecule has 1 aromatic carbocycles. The van der Waals surface area contributed by atoms with E-state index >= 15 is 0 Å². The van der Waals surface area contributed by atoms with Crippen LogP contribution in [0, 0.1) is 0 Å². The fraction of sp³-hybridized carbons (Fsp3) is 0.200. The Hall–Kier alpha value is -1.95. The number of halogens is 1. The van der Waals surface area contributed by atoms with Gasteiger partial charge < -0.3 is 4.74 Å². The summed E-state index contributed by atoms with van der Waals surface area (Å²) in [6.07, 6.45) is 0.453. The van der Waals surface area contributed by atoms with Crippen molar-refractivity contribution in [2.75, 3.05) is 6.61 Å². The van der Waals surface area contributed by atoms with Gasteiger partial charge in [-0.05, 0) is 34.7 Å². The van der Waals surface area contributed by atoms with Crippen molar-refractivity contribution >= 4 is 18.1 Å². The van der Waals surface area contributed by atoms with Crippen molar-refractivity contribution in [3.05, 3.63) is 35.1 Å². The van der Waals surface area contributed by atoms with Gasteiger partial charge in [0, 0.05) is 11.4 Å². The topological polar surface area (TPSA) is 69.9 Å². The summed E-state index contributed by atoms with van der Waals surface area (Å²) in [6.45, 7) is 0.647. The maximum absolute atomic E-state index is 10.0. The molecule has 0 N–H and O–H groups in total. The summed E-state index contributed by atoms with van der Waals surface area (Å²) in [5, 5.41) is 12.0. The van der Waals surface area contributed by atoms with Crippen LogP contribution in [0.2, 0.25) is 5.02 Å². The van der Waals surface area contributed by atoms with E-state index < -0.39 is 0 Å². The van der Waals surface area contributed by atoms with Crippen molar-refractivity contribution in [3.63, 3.8) is 0 Å². The molecular weight excluding hydrogens is 244 g/mol.